The van der Waals surface area contributed by atoms with E-state index in [9.17, 15) is 22.9 Å². The number of nitrogens with zero attached hydrogens (tertiary/aromatic N) is 4. The Labute approximate surface area is 187 Å². The van der Waals surface area contributed by atoms with E-state index in [-0.39, 0.29) is 36.8 Å². The fraction of sp³-hybridized carbons (Fsp3) is 0.455. The number of hydrogen-bond donors (Lipinski definition) is 0. The molecule has 2 saturated heterocycles. The fourth-order valence-electron chi connectivity index (χ4n) is 4.34. The Morgan fingerprint density at radius 3 is 2.12 bits per heavy atom. The molecule has 2 fully saturated rings. The number of piperidine rings is 1. The quantitative estimate of drug-likeness (QED) is 0.499. The molecular weight excluding hydrogens is 435 g/mol. The molecule has 2 aromatic carbocycles. The van der Waals surface area contributed by atoms with Gasteiger partial charge >= 0.3 is 0 Å². The highest BCUT2D eigenvalue weighted by Gasteiger charge is 2.32. The summed E-state index contributed by atoms with van der Waals surface area (Å²) in [4.78, 5) is 15.0. The molecule has 0 aliphatic carbocycles. The molecule has 2 aromatic rings. The molecule has 2 aliphatic rings. The smallest absolute Gasteiger partial charge is 0.295 e. The molecule has 0 N–H and O–H groups in total. The van der Waals surface area contributed by atoms with Gasteiger partial charge in [0.1, 0.15) is 5.69 Å². The van der Waals surface area contributed by atoms with E-state index in [0.29, 0.717) is 30.4 Å². The number of benzene rings is 2. The van der Waals surface area contributed by atoms with Gasteiger partial charge in [-0.1, -0.05) is 25.1 Å². The zero-order valence-corrected chi connectivity index (χ0v) is 18.8. The zero-order valence-electron chi connectivity index (χ0n) is 18.0. The van der Waals surface area contributed by atoms with Gasteiger partial charge < -0.3 is 9.80 Å². The molecular formula is C22H27FN4O4S. The van der Waals surface area contributed by atoms with Crippen LogP contribution in [-0.4, -0.2) is 56.9 Å². The highest BCUT2D eigenvalue weighted by molar-refractivity contribution is 7.89. The predicted octanol–water partition coefficient (Wildman–Crippen LogP) is 3.48. The molecule has 32 heavy (non-hydrogen) atoms. The van der Waals surface area contributed by atoms with Gasteiger partial charge in [-0.3, -0.25) is 10.1 Å². The second kappa shape index (κ2) is 9.03. The lowest BCUT2D eigenvalue weighted by atomic mass is 9.98. The van der Waals surface area contributed by atoms with Crippen molar-refractivity contribution in [2.75, 3.05) is 49.1 Å². The van der Waals surface area contributed by atoms with Gasteiger partial charge in [0.05, 0.1) is 21.6 Å². The number of nitro benzene ring substituents is 1. The first kappa shape index (κ1) is 22.5. The minimum absolute atomic E-state index is 0.197. The van der Waals surface area contributed by atoms with E-state index >= 15 is 0 Å². The van der Waals surface area contributed by atoms with Crippen molar-refractivity contribution in [3.05, 3.63) is 58.4 Å². The Hall–Kier alpha value is -2.72. The third-order valence-corrected chi connectivity index (χ3v) is 8.24. The molecule has 0 radical (unpaired) electrons. The van der Waals surface area contributed by atoms with Crippen molar-refractivity contribution in [2.24, 2.45) is 5.92 Å². The van der Waals surface area contributed by atoms with Crippen LogP contribution in [0.3, 0.4) is 0 Å². The number of anilines is 2. The Morgan fingerprint density at radius 2 is 1.53 bits per heavy atom. The van der Waals surface area contributed by atoms with E-state index in [1.54, 1.807) is 41.3 Å². The maximum Gasteiger partial charge on any atom is 0.295 e. The standard InChI is InChI=1S/C22H27FN4O4S/c1-17-7-9-24(10-8-17)20-16-21(22(27(28)29)15-19(20)23)25-11-13-26(14-12-25)32(30,31)18-5-3-2-4-6-18/h2-6,15-17H,7-14H2,1H3. The largest absolute Gasteiger partial charge is 0.369 e. The Bertz CT molecular complexity index is 1080. The van der Waals surface area contributed by atoms with Crippen LogP contribution < -0.4 is 9.80 Å². The van der Waals surface area contributed by atoms with Crippen LogP contribution >= 0.6 is 0 Å². The van der Waals surface area contributed by atoms with Gasteiger partial charge in [-0.25, -0.2) is 12.8 Å². The maximum atomic E-state index is 14.8. The summed E-state index contributed by atoms with van der Waals surface area (Å²) >= 11 is 0. The molecule has 0 spiro atoms. The fourth-order valence-corrected chi connectivity index (χ4v) is 5.79. The van der Waals surface area contributed by atoms with E-state index < -0.39 is 20.8 Å². The average molecular weight is 463 g/mol. The van der Waals surface area contributed by atoms with Crippen LogP contribution in [0.15, 0.2) is 47.4 Å². The molecule has 2 heterocycles. The number of piperazine rings is 1. The second-order valence-corrected chi connectivity index (χ2v) is 10.4. The summed E-state index contributed by atoms with van der Waals surface area (Å²) in [6.45, 7) is 4.55. The van der Waals surface area contributed by atoms with Crippen LogP contribution in [0.1, 0.15) is 19.8 Å². The summed E-state index contributed by atoms with van der Waals surface area (Å²) in [7, 11) is -3.63. The highest BCUT2D eigenvalue weighted by Crippen LogP contribution is 2.37. The molecule has 8 nitrogen and oxygen atoms in total. The first-order chi connectivity index (χ1) is 15.3. The van der Waals surface area contributed by atoms with Gasteiger partial charge in [-0.2, -0.15) is 4.31 Å². The van der Waals surface area contributed by atoms with Crippen LogP contribution in [0.25, 0.3) is 0 Å². The summed E-state index contributed by atoms with van der Waals surface area (Å²) in [5.74, 6) is -0.0215. The van der Waals surface area contributed by atoms with Crippen molar-refractivity contribution in [1.82, 2.24) is 4.31 Å². The van der Waals surface area contributed by atoms with Gasteiger partial charge in [-0.15, -0.1) is 0 Å². The first-order valence-corrected chi connectivity index (χ1v) is 12.2. The highest BCUT2D eigenvalue weighted by atomic mass is 32.2. The Kier molecular flexibility index (Phi) is 6.34. The molecule has 0 amide bonds. The number of hydrogen-bond acceptors (Lipinski definition) is 6. The van der Waals surface area contributed by atoms with Crippen molar-refractivity contribution < 1.29 is 17.7 Å². The maximum absolute atomic E-state index is 14.8. The molecule has 10 heteroatoms. The summed E-state index contributed by atoms with van der Waals surface area (Å²) < 4.78 is 41.9. The van der Waals surface area contributed by atoms with Crippen LogP contribution in [0.2, 0.25) is 0 Å². The van der Waals surface area contributed by atoms with E-state index in [2.05, 4.69) is 6.92 Å². The molecule has 0 saturated carbocycles. The van der Waals surface area contributed by atoms with Crippen molar-refractivity contribution >= 4 is 27.1 Å². The number of nitro groups is 1. The van der Waals surface area contributed by atoms with Crippen molar-refractivity contribution in [1.29, 1.82) is 0 Å². The van der Waals surface area contributed by atoms with Crippen LogP contribution in [-0.2, 0) is 10.0 Å². The van der Waals surface area contributed by atoms with Gasteiger partial charge in [-0.05, 0) is 37.0 Å². The summed E-state index contributed by atoms with van der Waals surface area (Å²) in [5, 5.41) is 11.6. The molecule has 4 rings (SSSR count). The van der Waals surface area contributed by atoms with Crippen LogP contribution in [0, 0.1) is 21.8 Å². The zero-order chi connectivity index (χ0) is 22.9. The molecule has 0 atom stereocenters. The van der Waals surface area contributed by atoms with Gasteiger partial charge in [0.25, 0.3) is 5.69 Å². The van der Waals surface area contributed by atoms with Crippen LogP contribution in [0.4, 0.5) is 21.5 Å². The van der Waals surface area contributed by atoms with E-state index in [1.165, 1.54) is 4.31 Å². The van der Waals surface area contributed by atoms with Crippen molar-refractivity contribution in [2.45, 2.75) is 24.7 Å². The number of sulfonamides is 1. The van der Waals surface area contributed by atoms with Gasteiger partial charge in [0.15, 0.2) is 5.82 Å². The lowest BCUT2D eigenvalue weighted by molar-refractivity contribution is -0.384. The summed E-state index contributed by atoms with van der Waals surface area (Å²) in [6, 6.07) is 10.8. The monoisotopic (exact) mass is 462 g/mol. The topological polar surface area (TPSA) is 87.0 Å². The van der Waals surface area contributed by atoms with Crippen LogP contribution in [0.5, 0.6) is 0 Å². The van der Waals surface area contributed by atoms with Gasteiger partial charge in [0.2, 0.25) is 10.0 Å². The molecule has 172 valence electrons. The van der Waals surface area contributed by atoms with E-state index in [1.807, 2.05) is 4.90 Å². The molecule has 2 aliphatic heterocycles. The molecule has 0 aromatic heterocycles. The van der Waals surface area contributed by atoms with E-state index in [0.717, 1.165) is 18.9 Å². The van der Waals surface area contributed by atoms with E-state index in [4.69, 9.17) is 0 Å². The SMILES string of the molecule is CC1CCN(c2cc(N3CCN(S(=O)(=O)c4ccccc4)CC3)c([N+](=O)[O-])cc2F)CC1. The average Bonchev–Trinajstić information content (AvgIpc) is 2.80. The number of halogens is 1. The van der Waals surface area contributed by atoms with Gasteiger partial charge in [0, 0.05) is 39.3 Å². The predicted molar refractivity (Wildman–Crippen MR) is 121 cm³/mol. The minimum atomic E-state index is -3.63. The minimum Gasteiger partial charge on any atom is -0.369 e. The Balaban J connectivity index is 1.57. The first-order valence-electron chi connectivity index (χ1n) is 10.8. The third kappa shape index (κ3) is 4.42. The molecule has 0 unspecified atom stereocenters. The lowest BCUT2D eigenvalue weighted by Crippen LogP contribution is -2.48. The van der Waals surface area contributed by atoms with Crippen molar-refractivity contribution in [3.63, 3.8) is 0 Å². The lowest BCUT2D eigenvalue weighted by Gasteiger charge is -2.36. The third-order valence-electron chi connectivity index (χ3n) is 6.33. The summed E-state index contributed by atoms with van der Waals surface area (Å²) in [5.41, 5.74) is 0.412. The summed E-state index contributed by atoms with van der Waals surface area (Å²) in [6.07, 6.45) is 1.89. The number of rotatable bonds is 5. The molecule has 0 bridgehead atoms. The van der Waals surface area contributed by atoms with Crippen molar-refractivity contribution in [3.8, 4) is 0 Å². The Morgan fingerprint density at radius 1 is 0.938 bits per heavy atom. The normalized spacial score (nSPS) is 18.7. The second-order valence-electron chi connectivity index (χ2n) is 8.42.